The number of likely N-dealkylation sites (tertiary alicyclic amines) is 1. The minimum Gasteiger partial charge on any atom is -0.444 e. The van der Waals surface area contributed by atoms with Crippen molar-refractivity contribution in [3.8, 4) is 0 Å². The van der Waals surface area contributed by atoms with Gasteiger partial charge in [-0.25, -0.2) is 13.6 Å². The van der Waals surface area contributed by atoms with Crippen molar-refractivity contribution >= 4 is 6.09 Å². The summed E-state index contributed by atoms with van der Waals surface area (Å²) < 4.78 is 32.2. The highest BCUT2D eigenvalue weighted by Crippen LogP contribution is 2.34. The zero-order valence-electron chi connectivity index (χ0n) is 11.9. The lowest BCUT2D eigenvalue weighted by atomic mass is 10.0. The molecule has 0 bridgehead atoms. The molecule has 2 atom stereocenters. The van der Waals surface area contributed by atoms with Crippen LogP contribution in [0.25, 0.3) is 0 Å². The lowest BCUT2D eigenvalue weighted by Gasteiger charge is -2.28. The van der Waals surface area contributed by atoms with Crippen LogP contribution >= 0.6 is 0 Å². The van der Waals surface area contributed by atoms with Crippen molar-refractivity contribution in [2.75, 3.05) is 6.54 Å². The Bertz CT molecular complexity index is 499. The van der Waals surface area contributed by atoms with Gasteiger partial charge in [-0.3, -0.25) is 4.90 Å². The fraction of sp³-hybridized carbons (Fsp3) is 0.533. The molecule has 0 spiro atoms. The van der Waals surface area contributed by atoms with E-state index in [2.05, 4.69) is 0 Å². The summed E-state index contributed by atoms with van der Waals surface area (Å²) in [6.45, 7) is 5.25. The number of hydrogen-bond donors (Lipinski definition) is 0. The third-order valence-corrected chi connectivity index (χ3v) is 3.11. The quantitative estimate of drug-likeness (QED) is 0.783. The first-order valence-corrected chi connectivity index (χ1v) is 6.65. The van der Waals surface area contributed by atoms with Crippen molar-refractivity contribution in [2.45, 2.75) is 45.0 Å². The molecule has 0 radical (unpaired) electrons. The first kappa shape index (κ1) is 14.8. The van der Waals surface area contributed by atoms with Crippen molar-refractivity contribution in [3.05, 3.63) is 35.6 Å². The predicted molar refractivity (Wildman–Crippen MR) is 71.6 cm³/mol. The molecule has 1 heterocycles. The van der Waals surface area contributed by atoms with Gasteiger partial charge in [0.2, 0.25) is 0 Å². The van der Waals surface area contributed by atoms with Crippen LogP contribution in [0.15, 0.2) is 24.3 Å². The number of hydrogen-bond acceptors (Lipinski definition) is 2. The van der Waals surface area contributed by atoms with Crippen molar-refractivity contribution < 1.29 is 18.3 Å². The van der Waals surface area contributed by atoms with Crippen LogP contribution < -0.4 is 0 Å². The molecule has 1 amide bonds. The maximum atomic E-state index is 13.7. The Hall–Kier alpha value is -1.65. The topological polar surface area (TPSA) is 29.5 Å². The lowest BCUT2D eigenvalue weighted by molar-refractivity contribution is 0.0216. The van der Waals surface area contributed by atoms with Gasteiger partial charge in [-0.05, 0) is 38.5 Å². The minimum atomic E-state index is -1.12. The zero-order chi connectivity index (χ0) is 14.9. The van der Waals surface area contributed by atoms with E-state index in [1.807, 2.05) is 0 Å². The highest BCUT2D eigenvalue weighted by atomic mass is 19.1. The zero-order valence-corrected chi connectivity index (χ0v) is 11.9. The molecule has 1 aliphatic heterocycles. The Morgan fingerprint density at radius 3 is 2.70 bits per heavy atom. The second-order valence-electron chi connectivity index (χ2n) is 6.04. The summed E-state index contributed by atoms with van der Waals surface area (Å²) >= 11 is 0. The van der Waals surface area contributed by atoms with Gasteiger partial charge < -0.3 is 4.74 Å². The van der Waals surface area contributed by atoms with E-state index in [1.165, 1.54) is 17.0 Å². The van der Waals surface area contributed by atoms with Crippen LogP contribution in [0.1, 0.15) is 38.8 Å². The molecule has 5 heteroatoms. The fourth-order valence-corrected chi connectivity index (χ4v) is 2.34. The molecular formula is C15H19F2NO2. The van der Waals surface area contributed by atoms with Crippen LogP contribution in [0.2, 0.25) is 0 Å². The average molecular weight is 283 g/mol. The minimum absolute atomic E-state index is 0.0178. The summed E-state index contributed by atoms with van der Waals surface area (Å²) in [6, 6.07) is 5.44. The molecule has 3 nitrogen and oxygen atoms in total. The van der Waals surface area contributed by atoms with Crippen molar-refractivity contribution in [3.63, 3.8) is 0 Å². The maximum Gasteiger partial charge on any atom is 0.410 e. The van der Waals surface area contributed by atoms with Gasteiger partial charge in [-0.15, -0.1) is 0 Å². The monoisotopic (exact) mass is 283 g/mol. The van der Waals surface area contributed by atoms with E-state index in [0.29, 0.717) is 5.56 Å². The van der Waals surface area contributed by atoms with Gasteiger partial charge in [-0.2, -0.15) is 0 Å². The molecule has 1 saturated heterocycles. The summed E-state index contributed by atoms with van der Waals surface area (Å²) in [7, 11) is 0. The van der Waals surface area contributed by atoms with Crippen LogP contribution in [0.4, 0.5) is 13.6 Å². The first-order valence-electron chi connectivity index (χ1n) is 6.65. The first-order chi connectivity index (χ1) is 9.26. The molecule has 1 aromatic rings. The Labute approximate surface area is 117 Å². The molecule has 2 rings (SSSR count). The summed E-state index contributed by atoms with van der Waals surface area (Å²) in [5, 5.41) is 0. The Kier molecular flexibility index (Phi) is 3.97. The van der Waals surface area contributed by atoms with Gasteiger partial charge in [0.1, 0.15) is 17.6 Å². The van der Waals surface area contributed by atoms with E-state index in [-0.39, 0.29) is 13.0 Å². The van der Waals surface area contributed by atoms with Crippen molar-refractivity contribution in [1.82, 2.24) is 4.90 Å². The predicted octanol–water partition coefficient (Wildman–Crippen LogP) is 3.85. The molecule has 20 heavy (non-hydrogen) atoms. The summed E-state index contributed by atoms with van der Waals surface area (Å²) in [5.74, 6) is -0.394. The molecule has 0 saturated carbocycles. The second kappa shape index (κ2) is 5.38. The highest BCUT2D eigenvalue weighted by Gasteiger charge is 2.38. The van der Waals surface area contributed by atoms with E-state index in [4.69, 9.17) is 4.74 Å². The van der Waals surface area contributed by atoms with Gasteiger partial charge in [0.25, 0.3) is 0 Å². The highest BCUT2D eigenvalue weighted by molar-refractivity contribution is 5.69. The number of carbonyl (C=O) groups excluding carboxylic acids is 1. The van der Waals surface area contributed by atoms with E-state index in [1.54, 1.807) is 32.9 Å². The van der Waals surface area contributed by atoms with Gasteiger partial charge in [0.05, 0.1) is 12.6 Å². The molecule has 0 aliphatic carbocycles. The summed E-state index contributed by atoms with van der Waals surface area (Å²) in [5.41, 5.74) is -0.0474. The number of rotatable bonds is 1. The molecule has 0 aromatic heterocycles. The van der Waals surface area contributed by atoms with Gasteiger partial charge >= 0.3 is 6.09 Å². The van der Waals surface area contributed by atoms with Crippen LogP contribution in [0, 0.1) is 5.82 Å². The van der Waals surface area contributed by atoms with Gasteiger partial charge in [-0.1, -0.05) is 12.1 Å². The number of carbonyl (C=O) groups is 1. The SMILES string of the molecule is CC(C)(C)OC(=O)N1CC(F)CC1c1cccc(F)c1. The summed E-state index contributed by atoms with van der Waals surface area (Å²) in [4.78, 5) is 13.5. The largest absolute Gasteiger partial charge is 0.444 e. The van der Waals surface area contributed by atoms with Crippen molar-refractivity contribution in [2.24, 2.45) is 0 Å². The standard InChI is InChI=1S/C15H19F2NO2/c1-15(2,3)20-14(19)18-9-12(17)8-13(18)10-5-4-6-11(16)7-10/h4-7,12-13H,8-9H2,1-3H3. The molecule has 110 valence electrons. The number of benzene rings is 1. The third kappa shape index (κ3) is 3.46. The second-order valence-corrected chi connectivity index (χ2v) is 6.04. The number of alkyl halides is 1. The van der Waals surface area contributed by atoms with Gasteiger partial charge in [0.15, 0.2) is 0 Å². The molecule has 1 aromatic carbocycles. The molecule has 1 fully saturated rings. The molecular weight excluding hydrogens is 264 g/mol. The molecule has 2 unspecified atom stereocenters. The van der Waals surface area contributed by atoms with Crippen LogP contribution in [0.3, 0.4) is 0 Å². The third-order valence-electron chi connectivity index (χ3n) is 3.11. The van der Waals surface area contributed by atoms with Crippen molar-refractivity contribution in [1.29, 1.82) is 0 Å². The fourth-order valence-electron chi connectivity index (χ4n) is 2.34. The van der Waals surface area contributed by atoms with E-state index in [9.17, 15) is 13.6 Å². The smallest absolute Gasteiger partial charge is 0.410 e. The Balaban J connectivity index is 2.21. The number of ether oxygens (including phenoxy) is 1. The Morgan fingerprint density at radius 2 is 2.10 bits per heavy atom. The summed E-state index contributed by atoms with van der Waals surface area (Å²) in [6.07, 6.45) is -1.51. The van der Waals surface area contributed by atoms with Crippen LogP contribution in [-0.4, -0.2) is 29.3 Å². The normalized spacial score (nSPS) is 22.9. The van der Waals surface area contributed by atoms with Crippen LogP contribution in [0.5, 0.6) is 0 Å². The number of nitrogens with zero attached hydrogens (tertiary/aromatic N) is 1. The average Bonchev–Trinajstić information content (AvgIpc) is 2.69. The van der Waals surface area contributed by atoms with E-state index >= 15 is 0 Å². The number of amides is 1. The van der Waals surface area contributed by atoms with Gasteiger partial charge in [0, 0.05) is 6.42 Å². The maximum absolute atomic E-state index is 13.7. The van der Waals surface area contributed by atoms with E-state index < -0.39 is 29.7 Å². The van der Waals surface area contributed by atoms with E-state index in [0.717, 1.165) is 0 Å². The van der Waals surface area contributed by atoms with Crippen LogP contribution in [-0.2, 0) is 4.74 Å². The number of halogens is 2. The molecule has 1 aliphatic rings. The Morgan fingerprint density at radius 1 is 1.40 bits per heavy atom. The lowest BCUT2D eigenvalue weighted by Crippen LogP contribution is -2.37. The molecule has 0 N–H and O–H groups in total.